The van der Waals surface area contributed by atoms with Crippen molar-refractivity contribution in [2.24, 2.45) is 0 Å². The van der Waals surface area contributed by atoms with Crippen LogP contribution in [0.2, 0.25) is 0 Å². The first-order valence-corrected chi connectivity index (χ1v) is 10.4. The Hall–Kier alpha value is -2.84. The quantitative estimate of drug-likeness (QED) is 0.542. The number of nitrogens with one attached hydrogen (secondary N) is 1. The van der Waals surface area contributed by atoms with Crippen LogP contribution in [0.3, 0.4) is 0 Å². The number of allylic oxidation sites excluding steroid dienone is 1. The maximum Gasteiger partial charge on any atom is 0.226 e. The molecule has 2 N–H and O–H groups in total. The molecule has 1 unspecified atom stereocenters. The molecule has 30 heavy (non-hydrogen) atoms. The molecule has 0 saturated carbocycles. The van der Waals surface area contributed by atoms with E-state index in [-0.39, 0.29) is 12.6 Å². The summed E-state index contributed by atoms with van der Waals surface area (Å²) in [5.41, 5.74) is 3.01. The molecule has 2 heterocycles. The fourth-order valence-corrected chi connectivity index (χ4v) is 3.72. The van der Waals surface area contributed by atoms with E-state index < -0.39 is 0 Å². The molecule has 0 aliphatic carbocycles. The zero-order valence-corrected chi connectivity index (χ0v) is 18.4. The summed E-state index contributed by atoms with van der Waals surface area (Å²) in [5.74, 6) is 2.70. The fourth-order valence-electron chi connectivity index (χ4n) is 3.45. The first kappa shape index (κ1) is 20.4. The second-order valence-corrected chi connectivity index (χ2v) is 7.81. The Morgan fingerprint density at radius 1 is 1.10 bits per heavy atom. The molecule has 0 amide bonds. The summed E-state index contributed by atoms with van der Waals surface area (Å²) < 4.78 is 13.8. The number of anilines is 1. The van der Waals surface area contributed by atoms with Crippen molar-refractivity contribution < 1.29 is 14.6 Å². The summed E-state index contributed by atoms with van der Waals surface area (Å²) in [6.07, 6.45) is 3.36. The van der Waals surface area contributed by atoms with Gasteiger partial charge in [-0.15, -0.1) is 0 Å². The Kier molecular flexibility index (Phi) is 6.06. The van der Waals surface area contributed by atoms with Gasteiger partial charge in [0.2, 0.25) is 5.95 Å². The van der Waals surface area contributed by atoms with Gasteiger partial charge in [-0.2, -0.15) is 10.1 Å². The van der Waals surface area contributed by atoms with E-state index in [0.29, 0.717) is 36.1 Å². The first-order valence-electron chi connectivity index (χ1n) is 9.66. The second-order valence-electron chi connectivity index (χ2n) is 6.89. The first-order chi connectivity index (χ1) is 14.6. The van der Waals surface area contributed by atoms with Gasteiger partial charge in [-0.1, -0.05) is 34.1 Å². The highest BCUT2D eigenvalue weighted by Gasteiger charge is 2.26. The Labute approximate surface area is 183 Å². The lowest BCUT2D eigenvalue weighted by Gasteiger charge is -2.25. The normalized spacial score (nSPS) is 15.2. The monoisotopic (exact) mass is 470 g/mol. The van der Waals surface area contributed by atoms with Gasteiger partial charge in [-0.05, 0) is 47.9 Å². The number of nitrogens with zero attached hydrogens (tertiary/aromatic N) is 3. The highest BCUT2D eigenvalue weighted by atomic mass is 79.9. The standard InChI is InChI=1S/C22H23BrN4O3/c1-29-19-10-7-15(12-20(19)30-2)18-13-17(14-5-8-16(23)9-6-14)24-22-25-21(4-3-11-28)26-27(18)22/h5-10,12-13,18,28H,3-4,11H2,1-2H3,(H,24,25,26). The van der Waals surface area contributed by atoms with Crippen molar-refractivity contribution in [2.45, 2.75) is 18.9 Å². The van der Waals surface area contributed by atoms with Crippen molar-refractivity contribution in [3.05, 3.63) is 70.0 Å². The van der Waals surface area contributed by atoms with Crippen LogP contribution in [0.5, 0.6) is 11.5 Å². The lowest BCUT2D eigenvalue weighted by Crippen LogP contribution is -2.20. The molecule has 1 aromatic heterocycles. The molecule has 0 spiro atoms. The van der Waals surface area contributed by atoms with E-state index in [1.807, 2.05) is 47.1 Å². The third-order valence-corrected chi connectivity index (χ3v) is 5.50. The van der Waals surface area contributed by atoms with E-state index >= 15 is 0 Å². The molecule has 1 aliphatic heterocycles. The van der Waals surface area contributed by atoms with Gasteiger partial charge in [0.1, 0.15) is 6.04 Å². The van der Waals surface area contributed by atoms with Crippen molar-refractivity contribution in [3.8, 4) is 11.5 Å². The zero-order valence-electron chi connectivity index (χ0n) is 16.8. The number of fused-ring (bicyclic) bond motifs is 1. The number of rotatable bonds is 7. The summed E-state index contributed by atoms with van der Waals surface area (Å²) in [6, 6.07) is 13.8. The van der Waals surface area contributed by atoms with Crippen molar-refractivity contribution in [3.63, 3.8) is 0 Å². The third kappa shape index (κ3) is 4.06. The summed E-state index contributed by atoms with van der Waals surface area (Å²) in [6.45, 7) is 0.110. The molecule has 156 valence electrons. The van der Waals surface area contributed by atoms with E-state index in [0.717, 1.165) is 21.3 Å². The minimum atomic E-state index is -0.171. The molecule has 1 aliphatic rings. The Bertz CT molecular complexity index is 1060. The SMILES string of the molecule is COc1ccc(C2C=C(c3ccc(Br)cc3)Nc3nc(CCCO)nn32)cc1OC. The van der Waals surface area contributed by atoms with Crippen LogP contribution in [0.25, 0.3) is 5.70 Å². The molecule has 7 nitrogen and oxygen atoms in total. The Morgan fingerprint density at radius 3 is 2.57 bits per heavy atom. The predicted molar refractivity (Wildman–Crippen MR) is 119 cm³/mol. The number of aryl methyl sites for hydroxylation is 1. The van der Waals surface area contributed by atoms with Crippen molar-refractivity contribution in [2.75, 3.05) is 26.1 Å². The van der Waals surface area contributed by atoms with Crippen LogP contribution < -0.4 is 14.8 Å². The largest absolute Gasteiger partial charge is 0.493 e. The lowest BCUT2D eigenvalue weighted by molar-refractivity contribution is 0.287. The molecule has 3 aromatic rings. The molecule has 0 saturated heterocycles. The van der Waals surface area contributed by atoms with Gasteiger partial charge in [-0.25, -0.2) is 4.68 Å². The highest BCUT2D eigenvalue weighted by Crippen LogP contribution is 2.36. The second kappa shape index (κ2) is 8.89. The van der Waals surface area contributed by atoms with Gasteiger partial charge in [0, 0.05) is 23.2 Å². The summed E-state index contributed by atoms with van der Waals surface area (Å²) >= 11 is 3.49. The van der Waals surface area contributed by atoms with Gasteiger partial charge in [0.15, 0.2) is 17.3 Å². The van der Waals surface area contributed by atoms with Crippen LogP contribution >= 0.6 is 15.9 Å². The number of hydrogen-bond acceptors (Lipinski definition) is 6. The molecule has 0 bridgehead atoms. The molecular weight excluding hydrogens is 448 g/mol. The zero-order chi connectivity index (χ0) is 21.1. The number of halogens is 1. The summed E-state index contributed by atoms with van der Waals surface area (Å²) in [4.78, 5) is 4.66. The van der Waals surface area contributed by atoms with Crippen LogP contribution in [-0.4, -0.2) is 40.7 Å². The third-order valence-electron chi connectivity index (χ3n) is 4.97. The molecule has 8 heteroatoms. The van der Waals surface area contributed by atoms with Crippen LogP contribution in [-0.2, 0) is 6.42 Å². The molecule has 0 fully saturated rings. The topological polar surface area (TPSA) is 81.4 Å². The van der Waals surface area contributed by atoms with Gasteiger partial charge in [0.25, 0.3) is 0 Å². The minimum absolute atomic E-state index is 0.110. The van der Waals surface area contributed by atoms with E-state index in [1.54, 1.807) is 14.2 Å². The molecule has 4 rings (SSSR count). The van der Waals surface area contributed by atoms with Gasteiger partial charge < -0.3 is 19.9 Å². The molecule has 0 radical (unpaired) electrons. The number of methoxy groups -OCH3 is 2. The molecule has 1 atom stereocenters. The molecular formula is C22H23BrN4O3. The van der Waals surface area contributed by atoms with Gasteiger partial charge >= 0.3 is 0 Å². The number of aliphatic hydroxyl groups excluding tert-OH is 1. The number of hydrogen-bond donors (Lipinski definition) is 2. The van der Waals surface area contributed by atoms with Gasteiger partial charge in [0.05, 0.1) is 14.2 Å². The number of aliphatic hydroxyl groups is 1. The average Bonchev–Trinajstić information content (AvgIpc) is 3.20. The Balaban J connectivity index is 1.79. The van der Waals surface area contributed by atoms with Crippen molar-refractivity contribution in [1.82, 2.24) is 14.8 Å². The van der Waals surface area contributed by atoms with E-state index in [9.17, 15) is 0 Å². The summed E-state index contributed by atoms with van der Waals surface area (Å²) in [5, 5.41) is 17.3. The average molecular weight is 471 g/mol. The molecule has 2 aromatic carbocycles. The predicted octanol–water partition coefficient (Wildman–Crippen LogP) is 4.04. The van der Waals surface area contributed by atoms with E-state index in [2.05, 4.69) is 32.3 Å². The van der Waals surface area contributed by atoms with Crippen LogP contribution in [0.1, 0.15) is 29.4 Å². The van der Waals surface area contributed by atoms with Crippen molar-refractivity contribution >= 4 is 27.6 Å². The lowest BCUT2D eigenvalue weighted by atomic mass is 10.0. The van der Waals surface area contributed by atoms with E-state index in [1.165, 1.54) is 0 Å². The summed E-state index contributed by atoms with van der Waals surface area (Å²) in [7, 11) is 3.25. The van der Waals surface area contributed by atoms with Crippen LogP contribution in [0, 0.1) is 0 Å². The van der Waals surface area contributed by atoms with Gasteiger partial charge in [-0.3, -0.25) is 0 Å². The number of benzene rings is 2. The fraction of sp³-hybridized carbons (Fsp3) is 0.273. The van der Waals surface area contributed by atoms with Crippen LogP contribution in [0.4, 0.5) is 5.95 Å². The number of aromatic nitrogens is 3. The minimum Gasteiger partial charge on any atom is -0.493 e. The number of ether oxygens (including phenoxy) is 2. The van der Waals surface area contributed by atoms with Crippen LogP contribution in [0.15, 0.2) is 53.0 Å². The highest BCUT2D eigenvalue weighted by molar-refractivity contribution is 9.10. The maximum absolute atomic E-state index is 9.16. The smallest absolute Gasteiger partial charge is 0.226 e. The van der Waals surface area contributed by atoms with E-state index in [4.69, 9.17) is 19.7 Å². The van der Waals surface area contributed by atoms with Crippen molar-refractivity contribution in [1.29, 1.82) is 0 Å². The Morgan fingerprint density at radius 2 is 1.87 bits per heavy atom. The maximum atomic E-state index is 9.16.